The fourth-order valence-corrected chi connectivity index (χ4v) is 5.51. The van der Waals surface area contributed by atoms with Crippen molar-refractivity contribution in [2.24, 2.45) is 5.92 Å². The highest BCUT2D eigenvalue weighted by molar-refractivity contribution is 7.92. The van der Waals surface area contributed by atoms with Crippen LogP contribution in [0.15, 0.2) is 77.7 Å². The molecule has 0 saturated carbocycles. The molecule has 0 saturated heterocycles. The van der Waals surface area contributed by atoms with Crippen molar-refractivity contribution in [2.75, 3.05) is 17.4 Å². The second-order valence-corrected chi connectivity index (χ2v) is 11.0. The zero-order chi connectivity index (χ0) is 24.7. The number of sulfonamides is 1. The molecule has 0 aromatic heterocycles. The number of anilines is 1. The van der Waals surface area contributed by atoms with E-state index in [-0.39, 0.29) is 26.5 Å². The molecule has 0 fully saturated rings. The van der Waals surface area contributed by atoms with Crippen LogP contribution in [0.3, 0.4) is 0 Å². The van der Waals surface area contributed by atoms with Gasteiger partial charge in [0.1, 0.15) is 6.54 Å². The first-order chi connectivity index (χ1) is 16.2. The minimum absolute atomic E-state index is 0.0810. The third kappa shape index (κ3) is 6.98. The van der Waals surface area contributed by atoms with E-state index in [0.717, 1.165) is 22.7 Å². The van der Waals surface area contributed by atoms with E-state index < -0.39 is 22.5 Å². The molecule has 0 aliphatic rings. The molecule has 34 heavy (non-hydrogen) atoms. The fraction of sp³-hybridized carbons (Fsp3) is 0.269. The largest absolute Gasteiger partial charge is 0.354 e. The standard InChI is InChI=1S/C26H28Cl2N2O3S/c1-3-20(13-21-7-5-4-6-8-21)17-29-26(31)18-30(24-15-22(27)14-23(28)16-24)34(32,33)25-11-9-19(2)10-12-25/h4-12,14-16,20H,3,13,17-18H2,1-2H3,(H,29,31). The fourth-order valence-electron chi connectivity index (χ4n) is 3.59. The minimum atomic E-state index is -4.04. The van der Waals surface area contributed by atoms with Gasteiger partial charge in [0.05, 0.1) is 10.6 Å². The Morgan fingerprint density at radius 2 is 1.59 bits per heavy atom. The summed E-state index contributed by atoms with van der Waals surface area (Å²) in [6, 6.07) is 21.0. The Labute approximate surface area is 211 Å². The maximum absolute atomic E-state index is 13.5. The Kier molecular flexibility index (Phi) is 9.00. The first kappa shape index (κ1) is 26.1. The molecule has 0 aliphatic carbocycles. The van der Waals surface area contributed by atoms with Crippen LogP contribution in [0.2, 0.25) is 10.0 Å². The van der Waals surface area contributed by atoms with Gasteiger partial charge in [-0.05, 0) is 55.2 Å². The molecule has 0 bridgehead atoms. The second kappa shape index (κ2) is 11.7. The van der Waals surface area contributed by atoms with Crippen LogP contribution in [0.5, 0.6) is 0 Å². The molecular formula is C26H28Cl2N2O3S. The van der Waals surface area contributed by atoms with E-state index in [4.69, 9.17) is 23.2 Å². The van der Waals surface area contributed by atoms with E-state index in [1.807, 2.05) is 25.1 Å². The monoisotopic (exact) mass is 518 g/mol. The van der Waals surface area contributed by atoms with E-state index >= 15 is 0 Å². The predicted molar refractivity (Wildman–Crippen MR) is 139 cm³/mol. The molecule has 8 heteroatoms. The number of nitrogens with one attached hydrogen (secondary N) is 1. The Hall–Kier alpha value is -2.54. The molecule has 0 spiro atoms. The van der Waals surface area contributed by atoms with Crippen LogP contribution in [0.25, 0.3) is 0 Å². The van der Waals surface area contributed by atoms with Crippen LogP contribution in [-0.4, -0.2) is 27.4 Å². The molecule has 3 rings (SSSR count). The Balaban J connectivity index is 1.80. The number of aryl methyl sites for hydroxylation is 1. The highest BCUT2D eigenvalue weighted by Gasteiger charge is 2.28. The zero-order valence-corrected chi connectivity index (χ0v) is 21.5. The first-order valence-electron chi connectivity index (χ1n) is 11.0. The Bertz CT molecular complexity index is 1200. The zero-order valence-electron chi connectivity index (χ0n) is 19.2. The van der Waals surface area contributed by atoms with Crippen molar-refractivity contribution in [1.82, 2.24) is 5.32 Å². The molecule has 5 nitrogen and oxygen atoms in total. The molecule has 1 amide bonds. The lowest BCUT2D eigenvalue weighted by molar-refractivity contribution is -0.119. The molecule has 0 radical (unpaired) electrons. The summed E-state index contributed by atoms with van der Waals surface area (Å²) in [5, 5.41) is 3.46. The van der Waals surface area contributed by atoms with Crippen LogP contribution < -0.4 is 9.62 Å². The number of amides is 1. The number of hydrogen-bond acceptors (Lipinski definition) is 3. The van der Waals surface area contributed by atoms with Crippen LogP contribution >= 0.6 is 23.2 Å². The molecule has 1 N–H and O–H groups in total. The van der Waals surface area contributed by atoms with Crippen molar-refractivity contribution < 1.29 is 13.2 Å². The van der Waals surface area contributed by atoms with Gasteiger partial charge < -0.3 is 5.32 Å². The SMILES string of the molecule is CCC(CNC(=O)CN(c1cc(Cl)cc(Cl)c1)S(=O)(=O)c1ccc(C)cc1)Cc1ccccc1. The van der Waals surface area contributed by atoms with E-state index in [2.05, 4.69) is 24.4 Å². The van der Waals surface area contributed by atoms with Crippen LogP contribution in [-0.2, 0) is 21.2 Å². The molecular weight excluding hydrogens is 491 g/mol. The van der Waals surface area contributed by atoms with E-state index in [1.165, 1.54) is 35.9 Å². The third-order valence-electron chi connectivity index (χ3n) is 5.56. The number of carbonyl (C=O) groups is 1. The molecule has 0 heterocycles. The number of rotatable bonds is 10. The molecule has 3 aromatic rings. The molecule has 180 valence electrons. The number of nitrogens with zero attached hydrogens (tertiary/aromatic N) is 1. The lowest BCUT2D eigenvalue weighted by Crippen LogP contribution is -2.42. The summed E-state index contributed by atoms with van der Waals surface area (Å²) in [5.41, 5.74) is 2.35. The summed E-state index contributed by atoms with van der Waals surface area (Å²) < 4.78 is 28.0. The number of carbonyl (C=O) groups excluding carboxylic acids is 1. The lowest BCUT2D eigenvalue weighted by Gasteiger charge is -2.25. The Morgan fingerprint density at radius 3 is 2.18 bits per heavy atom. The van der Waals surface area contributed by atoms with E-state index in [0.29, 0.717) is 6.54 Å². The number of benzene rings is 3. The van der Waals surface area contributed by atoms with Crippen LogP contribution in [0, 0.1) is 12.8 Å². The van der Waals surface area contributed by atoms with Gasteiger partial charge in [-0.1, -0.05) is 84.6 Å². The second-order valence-electron chi connectivity index (χ2n) is 8.22. The average molecular weight is 519 g/mol. The van der Waals surface area contributed by atoms with Gasteiger partial charge in [-0.2, -0.15) is 0 Å². The topological polar surface area (TPSA) is 66.5 Å². The summed E-state index contributed by atoms with van der Waals surface area (Å²) in [5.74, 6) is -0.174. The summed E-state index contributed by atoms with van der Waals surface area (Å²) in [7, 11) is -4.04. The van der Waals surface area contributed by atoms with Gasteiger partial charge in [0.2, 0.25) is 5.91 Å². The summed E-state index contributed by atoms with van der Waals surface area (Å²) >= 11 is 12.3. The number of hydrogen-bond donors (Lipinski definition) is 1. The molecule has 3 aromatic carbocycles. The maximum atomic E-state index is 13.5. The number of halogens is 2. The van der Waals surface area contributed by atoms with Crippen molar-refractivity contribution >= 4 is 44.8 Å². The van der Waals surface area contributed by atoms with E-state index in [9.17, 15) is 13.2 Å². The van der Waals surface area contributed by atoms with Crippen molar-refractivity contribution in [3.05, 3.63) is 94.0 Å². The van der Waals surface area contributed by atoms with Crippen LogP contribution in [0.1, 0.15) is 24.5 Å². The molecule has 1 atom stereocenters. The predicted octanol–water partition coefficient (Wildman–Crippen LogP) is 5.88. The van der Waals surface area contributed by atoms with Gasteiger partial charge in [-0.3, -0.25) is 9.10 Å². The van der Waals surface area contributed by atoms with Crippen LogP contribution in [0.4, 0.5) is 5.69 Å². The average Bonchev–Trinajstić information content (AvgIpc) is 2.80. The van der Waals surface area contributed by atoms with Gasteiger partial charge in [-0.25, -0.2) is 8.42 Å². The van der Waals surface area contributed by atoms with E-state index in [1.54, 1.807) is 12.1 Å². The molecule has 0 aliphatic heterocycles. The smallest absolute Gasteiger partial charge is 0.264 e. The summed E-state index contributed by atoms with van der Waals surface area (Å²) in [4.78, 5) is 13.0. The highest BCUT2D eigenvalue weighted by atomic mass is 35.5. The van der Waals surface area contributed by atoms with Gasteiger partial charge in [0.15, 0.2) is 0 Å². The molecule has 1 unspecified atom stereocenters. The first-order valence-corrected chi connectivity index (χ1v) is 13.2. The van der Waals surface area contributed by atoms with Gasteiger partial charge >= 0.3 is 0 Å². The third-order valence-corrected chi connectivity index (χ3v) is 7.79. The highest BCUT2D eigenvalue weighted by Crippen LogP contribution is 2.29. The minimum Gasteiger partial charge on any atom is -0.354 e. The summed E-state index contributed by atoms with van der Waals surface area (Å²) in [6.07, 6.45) is 1.71. The normalized spacial score (nSPS) is 12.2. The van der Waals surface area contributed by atoms with Gasteiger partial charge in [0, 0.05) is 16.6 Å². The summed E-state index contributed by atoms with van der Waals surface area (Å²) in [6.45, 7) is 3.99. The van der Waals surface area contributed by atoms with Gasteiger partial charge in [-0.15, -0.1) is 0 Å². The van der Waals surface area contributed by atoms with Gasteiger partial charge in [0.25, 0.3) is 10.0 Å². The lowest BCUT2D eigenvalue weighted by atomic mass is 9.97. The van der Waals surface area contributed by atoms with Crippen molar-refractivity contribution in [3.63, 3.8) is 0 Å². The Morgan fingerprint density at radius 1 is 0.971 bits per heavy atom. The van der Waals surface area contributed by atoms with Crippen molar-refractivity contribution in [3.8, 4) is 0 Å². The van der Waals surface area contributed by atoms with Crippen molar-refractivity contribution in [1.29, 1.82) is 0 Å². The maximum Gasteiger partial charge on any atom is 0.264 e. The quantitative estimate of drug-likeness (QED) is 0.364. The van der Waals surface area contributed by atoms with Crippen molar-refractivity contribution in [2.45, 2.75) is 31.6 Å².